The Bertz CT molecular complexity index is 238. The topological polar surface area (TPSA) is 9.23 Å². The highest BCUT2D eigenvalue weighted by molar-refractivity contribution is 6.48. The largest absolute Gasteiger partial charge is 0.550 e. The molecule has 1 nitrogen and oxygen atoms in total. The van der Waals surface area contributed by atoms with E-state index in [0.29, 0.717) is 5.41 Å². The van der Waals surface area contributed by atoms with Gasteiger partial charge in [-0.25, -0.2) is 0 Å². The van der Waals surface area contributed by atoms with E-state index in [1.165, 1.54) is 31.4 Å². The van der Waals surface area contributed by atoms with Crippen LogP contribution in [0.3, 0.4) is 0 Å². The van der Waals surface area contributed by atoms with Crippen molar-refractivity contribution >= 4 is 9.04 Å². The van der Waals surface area contributed by atoms with Gasteiger partial charge in [0.15, 0.2) is 0 Å². The van der Waals surface area contributed by atoms with Crippen LogP contribution in [0.5, 0.6) is 0 Å². The van der Waals surface area contributed by atoms with E-state index in [9.17, 15) is 0 Å². The van der Waals surface area contributed by atoms with Gasteiger partial charge in [-0.05, 0) is 56.2 Å². The van der Waals surface area contributed by atoms with Crippen molar-refractivity contribution in [2.45, 2.75) is 66.0 Å². The maximum atomic E-state index is 5.95. The summed E-state index contributed by atoms with van der Waals surface area (Å²) in [4.78, 5) is 0. The minimum atomic E-state index is -0.896. The molecule has 2 heteroatoms. The van der Waals surface area contributed by atoms with Crippen molar-refractivity contribution < 1.29 is 4.43 Å². The minimum absolute atomic E-state index is 0.471. The van der Waals surface area contributed by atoms with Gasteiger partial charge in [-0.2, -0.15) is 0 Å². The lowest BCUT2D eigenvalue weighted by molar-refractivity contribution is 0.202. The summed E-state index contributed by atoms with van der Waals surface area (Å²) in [6, 6.07) is 0. The van der Waals surface area contributed by atoms with Gasteiger partial charge in [0.05, 0.1) is 5.76 Å². The molecule has 0 aromatic carbocycles. The summed E-state index contributed by atoms with van der Waals surface area (Å²) < 4.78 is 5.95. The Morgan fingerprint density at radius 2 is 1.94 bits per heavy atom. The first-order valence-electron chi connectivity index (χ1n) is 6.75. The second kappa shape index (κ2) is 5.90. The minimum Gasteiger partial charge on any atom is -0.550 e. The van der Waals surface area contributed by atoms with Crippen molar-refractivity contribution in [3.05, 3.63) is 11.8 Å². The lowest BCUT2D eigenvalue weighted by Crippen LogP contribution is -2.21. The Morgan fingerprint density at radius 1 is 1.25 bits per heavy atom. The first-order chi connectivity index (χ1) is 7.39. The lowest BCUT2D eigenvalue weighted by Gasteiger charge is -2.32. The molecule has 0 bridgehead atoms. The highest BCUT2D eigenvalue weighted by atomic mass is 28.3. The van der Waals surface area contributed by atoms with E-state index in [4.69, 9.17) is 4.43 Å². The van der Waals surface area contributed by atoms with Gasteiger partial charge < -0.3 is 4.43 Å². The van der Waals surface area contributed by atoms with Crippen molar-refractivity contribution in [1.29, 1.82) is 0 Å². The predicted octanol–water partition coefficient (Wildman–Crippen LogP) is 4.50. The van der Waals surface area contributed by atoms with E-state index in [0.717, 1.165) is 12.3 Å². The average molecular weight is 240 g/mol. The van der Waals surface area contributed by atoms with Crippen LogP contribution in [0.15, 0.2) is 11.8 Å². The quantitative estimate of drug-likeness (QED) is 0.646. The molecule has 0 fully saturated rings. The van der Waals surface area contributed by atoms with Crippen molar-refractivity contribution in [1.82, 2.24) is 0 Å². The van der Waals surface area contributed by atoms with Gasteiger partial charge in [-0.1, -0.05) is 20.8 Å². The van der Waals surface area contributed by atoms with Gasteiger partial charge in [0.1, 0.15) is 0 Å². The molecular weight excluding hydrogens is 212 g/mol. The number of allylic oxidation sites excluding steroid dienone is 2. The molecule has 0 heterocycles. The highest BCUT2D eigenvalue weighted by Crippen LogP contribution is 2.35. The van der Waals surface area contributed by atoms with E-state index in [1.54, 1.807) is 0 Å². The zero-order valence-electron chi connectivity index (χ0n) is 11.7. The maximum absolute atomic E-state index is 5.95. The van der Waals surface area contributed by atoms with Gasteiger partial charge in [0.25, 0.3) is 0 Å². The highest BCUT2D eigenvalue weighted by Gasteiger charge is 2.24. The van der Waals surface area contributed by atoms with Crippen LogP contribution in [0.4, 0.5) is 0 Å². The van der Waals surface area contributed by atoms with E-state index in [-0.39, 0.29) is 0 Å². The van der Waals surface area contributed by atoms with Crippen molar-refractivity contribution in [3.63, 3.8) is 0 Å². The van der Waals surface area contributed by atoms with Gasteiger partial charge >= 0.3 is 0 Å². The molecule has 0 aromatic heterocycles. The summed E-state index contributed by atoms with van der Waals surface area (Å²) in [6.45, 7) is 11.6. The Morgan fingerprint density at radius 3 is 2.50 bits per heavy atom. The fourth-order valence-corrected chi connectivity index (χ4v) is 3.31. The van der Waals surface area contributed by atoms with E-state index >= 15 is 0 Å². The van der Waals surface area contributed by atoms with Crippen molar-refractivity contribution in [2.24, 2.45) is 11.3 Å². The van der Waals surface area contributed by atoms with Gasteiger partial charge in [-0.3, -0.25) is 0 Å². The number of rotatable bonds is 2. The monoisotopic (exact) mass is 240 g/mol. The van der Waals surface area contributed by atoms with Crippen LogP contribution < -0.4 is 0 Å². The van der Waals surface area contributed by atoms with Crippen LogP contribution in [-0.4, -0.2) is 9.04 Å². The Kier molecular flexibility index (Phi) is 5.10. The lowest BCUT2D eigenvalue weighted by atomic mass is 9.74. The summed E-state index contributed by atoms with van der Waals surface area (Å²) in [5.41, 5.74) is 0.471. The second-order valence-electron chi connectivity index (χ2n) is 6.37. The average Bonchev–Trinajstić information content (AvgIpc) is 2.06. The molecule has 0 radical (unpaired) electrons. The third-order valence-electron chi connectivity index (χ3n) is 3.47. The standard InChI is InChI=1S/C14H28OSi/c1-14(2,3)12-8-6-10-13(11-7-9-12)15-16(4)5/h10,12,16H,6-9,11H2,1-5H3. The molecule has 16 heavy (non-hydrogen) atoms. The molecule has 94 valence electrons. The molecule has 0 N–H and O–H groups in total. The summed E-state index contributed by atoms with van der Waals surface area (Å²) in [6.07, 6.45) is 8.72. The van der Waals surface area contributed by atoms with Gasteiger partial charge in [-0.15, -0.1) is 0 Å². The van der Waals surface area contributed by atoms with Crippen LogP contribution in [0.2, 0.25) is 13.1 Å². The molecule has 1 atom stereocenters. The van der Waals surface area contributed by atoms with Crippen LogP contribution in [0, 0.1) is 11.3 Å². The molecule has 0 saturated carbocycles. The molecule has 0 spiro atoms. The first kappa shape index (κ1) is 13.8. The van der Waals surface area contributed by atoms with Crippen molar-refractivity contribution in [2.75, 3.05) is 0 Å². The van der Waals surface area contributed by atoms with E-state index < -0.39 is 9.04 Å². The Balaban J connectivity index is 2.51. The number of hydrogen-bond acceptors (Lipinski definition) is 1. The zero-order valence-corrected chi connectivity index (χ0v) is 12.8. The first-order valence-corrected chi connectivity index (χ1v) is 9.53. The van der Waals surface area contributed by atoms with Crippen LogP contribution in [0.1, 0.15) is 52.9 Å². The smallest absolute Gasteiger partial charge is 0.229 e. The molecular formula is C14H28OSi. The van der Waals surface area contributed by atoms with E-state index in [2.05, 4.69) is 39.9 Å². The fourth-order valence-electron chi connectivity index (χ4n) is 2.49. The van der Waals surface area contributed by atoms with Gasteiger partial charge in [0, 0.05) is 6.42 Å². The molecule has 1 rings (SSSR count). The van der Waals surface area contributed by atoms with Crippen LogP contribution in [-0.2, 0) is 4.43 Å². The molecule has 0 amide bonds. The van der Waals surface area contributed by atoms with Crippen LogP contribution >= 0.6 is 0 Å². The molecule has 0 saturated heterocycles. The van der Waals surface area contributed by atoms with Gasteiger partial charge in [0.2, 0.25) is 9.04 Å². The maximum Gasteiger partial charge on any atom is 0.229 e. The zero-order chi connectivity index (χ0) is 12.2. The third kappa shape index (κ3) is 4.73. The molecule has 1 unspecified atom stereocenters. The molecule has 1 aliphatic carbocycles. The normalized spacial score (nSPS) is 23.6. The summed E-state index contributed by atoms with van der Waals surface area (Å²) in [5, 5.41) is 0. The summed E-state index contributed by atoms with van der Waals surface area (Å²) >= 11 is 0. The number of hydrogen-bond donors (Lipinski definition) is 0. The summed E-state index contributed by atoms with van der Waals surface area (Å²) in [7, 11) is -0.896. The van der Waals surface area contributed by atoms with Crippen molar-refractivity contribution in [3.8, 4) is 0 Å². The summed E-state index contributed by atoms with van der Waals surface area (Å²) in [5.74, 6) is 2.16. The second-order valence-corrected chi connectivity index (χ2v) is 8.70. The fraction of sp³-hybridized carbons (Fsp3) is 0.857. The molecule has 0 aliphatic heterocycles. The van der Waals surface area contributed by atoms with E-state index in [1.807, 2.05) is 0 Å². The predicted molar refractivity (Wildman–Crippen MR) is 74.1 cm³/mol. The Hall–Kier alpha value is -0.243. The van der Waals surface area contributed by atoms with Crippen LogP contribution in [0.25, 0.3) is 0 Å². The SMILES string of the molecule is C[SiH](C)OC1=CCCC(C(C)(C)C)CCC1. The molecule has 0 aromatic rings. The molecule has 1 aliphatic rings. The third-order valence-corrected chi connectivity index (χ3v) is 4.25. The Labute approximate surface area is 103 Å².